The molecule has 2 rings (SSSR count). The Morgan fingerprint density at radius 3 is 2.75 bits per heavy atom. The number of rotatable bonds is 4. The van der Waals surface area contributed by atoms with Crippen molar-refractivity contribution in [1.29, 1.82) is 0 Å². The highest BCUT2D eigenvalue weighted by Gasteiger charge is 2.11. The van der Waals surface area contributed by atoms with E-state index >= 15 is 0 Å². The second-order valence-electron chi connectivity index (χ2n) is 4.81. The molecule has 1 aromatic carbocycles. The molecule has 1 unspecified atom stereocenters. The van der Waals surface area contributed by atoms with Crippen LogP contribution in [0.25, 0.3) is 0 Å². The van der Waals surface area contributed by atoms with Crippen molar-refractivity contribution in [3.8, 4) is 0 Å². The Kier molecular flexibility index (Phi) is 4.48. The average molecular weight is 270 g/mol. The highest BCUT2D eigenvalue weighted by molar-refractivity contribution is 5.93. The van der Waals surface area contributed by atoms with Crippen molar-refractivity contribution in [1.82, 2.24) is 10.3 Å². The molecular weight excluding hydrogens is 252 g/mol. The summed E-state index contributed by atoms with van der Waals surface area (Å²) >= 11 is 0. The number of aryl methyl sites for hydroxylation is 2. The van der Waals surface area contributed by atoms with Crippen LogP contribution in [0.5, 0.6) is 0 Å². The molecule has 0 aliphatic rings. The van der Waals surface area contributed by atoms with Crippen LogP contribution in [0.1, 0.15) is 33.2 Å². The minimum atomic E-state index is -0.713. The van der Waals surface area contributed by atoms with Gasteiger partial charge in [-0.2, -0.15) is 0 Å². The molecule has 20 heavy (non-hydrogen) atoms. The number of pyridine rings is 1. The van der Waals surface area contributed by atoms with Gasteiger partial charge in [0.25, 0.3) is 5.91 Å². The number of benzene rings is 1. The molecular formula is C16H18N2O2. The highest BCUT2D eigenvalue weighted by Crippen LogP contribution is 2.16. The average Bonchev–Trinajstić information content (AvgIpc) is 2.48. The van der Waals surface area contributed by atoms with Crippen LogP contribution in [0.4, 0.5) is 0 Å². The normalized spacial score (nSPS) is 11.9. The second kappa shape index (κ2) is 6.30. The molecule has 0 aliphatic heterocycles. The fourth-order valence-electron chi connectivity index (χ4n) is 1.88. The van der Waals surface area contributed by atoms with Gasteiger partial charge in [-0.25, -0.2) is 0 Å². The van der Waals surface area contributed by atoms with E-state index in [9.17, 15) is 9.90 Å². The highest BCUT2D eigenvalue weighted by atomic mass is 16.3. The summed E-state index contributed by atoms with van der Waals surface area (Å²) in [7, 11) is 0. The van der Waals surface area contributed by atoms with Crippen LogP contribution in [0.3, 0.4) is 0 Å². The SMILES string of the molecule is Cc1ccc(C(O)CNC(=O)c2cccnc2)cc1C. The number of hydrogen-bond donors (Lipinski definition) is 2. The molecule has 1 amide bonds. The monoisotopic (exact) mass is 270 g/mol. The van der Waals surface area contributed by atoms with Gasteiger partial charge in [0.1, 0.15) is 0 Å². The van der Waals surface area contributed by atoms with E-state index in [4.69, 9.17) is 0 Å². The van der Waals surface area contributed by atoms with Gasteiger partial charge < -0.3 is 10.4 Å². The summed E-state index contributed by atoms with van der Waals surface area (Å²) in [6.07, 6.45) is 2.40. The number of aliphatic hydroxyl groups excluding tert-OH is 1. The number of hydrogen-bond acceptors (Lipinski definition) is 3. The van der Waals surface area contributed by atoms with Crippen molar-refractivity contribution in [2.75, 3.05) is 6.54 Å². The number of nitrogens with zero attached hydrogens (tertiary/aromatic N) is 1. The lowest BCUT2D eigenvalue weighted by Gasteiger charge is -2.13. The predicted octanol–water partition coefficient (Wildman–Crippen LogP) is 2.16. The van der Waals surface area contributed by atoms with E-state index in [0.717, 1.165) is 11.1 Å². The van der Waals surface area contributed by atoms with Gasteiger partial charge in [0.2, 0.25) is 0 Å². The predicted molar refractivity (Wildman–Crippen MR) is 77.4 cm³/mol. The number of nitrogens with one attached hydrogen (secondary N) is 1. The first-order valence-corrected chi connectivity index (χ1v) is 6.51. The largest absolute Gasteiger partial charge is 0.387 e. The molecule has 2 aromatic rings. The van der Waals surface area contributed by atoms with Gasteiger partial charge >= 0.3 is 0 Å². The van der Waals surface area contributed by atoms with Gasteiger partial charge in [0, 0.05) is 18.9 Å². The smallest absolute Gasteiger partial charge is 0.252 e. The molecule has 1 heterocycles. The first-order chi connectivity index (χ1) is 9.58. The quantitative estimate of drug-likeness (QED) is 0.895. The lowest BCUT2D eigenvalue weighted by atomic mass is 10.0. The third kappa shape index (κ3) is 3.42. The van der Waals surface area contributed by atoms with Gasteiger partial charge in [-0.3, -0.25) is 9.78 Å². The molecule has 0 bridgehead atoms. The Morgan fingerprint density at radius 1 is 1.30 bits per heavy atom. The van der Waals surface area contributed by atoms with Crippen LogP contribution >= 0.6 is 0 Å². The van der Waals surface area contributed by atoms with E-state index in [-0.39, 0.29) is 12.5 Å². The summed E-state index contributed by atoms with van der Waals surface area (Å²) < 4.78 is 0. The van der Waals surface area contributed by atoms with Crippen LogP contribution in [0, 0.1) is 13.8 Å². The van der Waals surface area contributed by atoms with E-state index in [2.05, 4.69) is 10.3 Å². The fourth-order valence-corrected chi connectivity index (χ4v) is 1.88. The van der Waals surface area contributed by atoms with E-state index in [1.807, 2.05) is 32.0 Å². The fraction of sp³-hybridized carbons (Fsp3) is 0.250. The summed E-state index contributed by atoms with van der Waals surface area (Å²) in [5.74, 6) is -0.235. The zero-order valence-corrected chi connectivity index (χ0v) is 11.6. The number of amides is 1. The number of carbonyl (C=O) groups is 1. The van der Waals surface area contributed by atoms with Gasteiger partial charge in [-0.05, 0) is 42.7 Å². The summed E-state index contributed by atoms with van der Waals surface area (Å²) in [6, 6.07) is 9.18. The maximum Gasteiger partial charge on any atom is 0.252 e. The lowest BCUT2D eigenvalue weighted by Crippen LogP contribution is -2.28. The van der Waals surface area contributed by atoms with Crippen LogP contribution in [0.2, 0.25) is 0 Å². The van der Waals surface area contributed by atoms with Gasteiger partial charge in [-0.1, -0.05) is 18.2 Å². The molecule has 4 heteroatoms. The van der Waals surface area contributed by atoms with Crippen LogP contribution < -0.4 is 5.32 Å². The first-order valence-electron chi connectivity index (χ1n) is 6.51. The van der Waals surface area contributed by atoms with E-state index in [1.54, 1.807) is 18.3 Å². The van der Waals surface area contributed by atoms with E-state index in [1.165, 1.54) is 11.8 Å². The van der Waals surface area contributed by atoms with Gasteiger partial charge in [0.15, 0.2) is 0 Å². The Morgan fingerprint density at radius 2 is 2.10 bits per heavy atom. The van der Waals surface area contributed by atoms with Crippen molar-refractivity contribution in [2.45, 2.75) is 20.0 Å². The number of carbonyl (C=O) groups excluding carboxylic acids is 1. The minimum Gasteiger partial charge on any atom is -0.387 e. The summed E-state index contributed by atoms with van der Waals surface area (Å²) in [6.45, 7) is 4.20. The maximum absolute atomic E-state index is 11.8. The molecule has 2 N–H and O–H groups in total. The molecule has 1 atom stereocenters. The number of aromatic nitrogens is 1. The lowest BCUT2D eigenvalue weighted by molar-refractivity contribution is 0.0916. The van der Waals surface area contributed by atoms with Crippen LogP contribution in [0.15, 0.2) is 42.7 Å². The first kappa shape index (κ1) is 14.2. The summed E-state index contributed by atoms with van der Waals surface area (Å²) in [5.41, 5.74) is 3.60. The minimum absolute atomic E-state index is 0.177. The molecule has 1 aromatic heterocycles. The third-order valence-electron chi connectivity index (χ3n) is 3.30. The zero-order valence-electron chi connectivity index (χ0n) is 11.6. The van der Waals surface area contributed by atoms with Crippen LogP contribution in [-0.2, 0) is 0 Å². The molecule has 104 valence electrons. The molecule has 0 spiro atoms. The molecule has 0 fully saturated rings. The zero-order chi connectivity index (χ0) is 14.5. The Bertz CT molecular complexity index is 597. The number of aliphatic hydroxyl groups is 1. The Balaban J connectivity index is 1.96. The standard InChI is InChI=1S/C16H18N2O2/c1-11-5-6-13(8-12(11)2)15(19)10-18-16(20)14-4-3-7-17-9-14/h3-9,15,19H,10H2,1-2H3,(H,18,20). The van der Waals surface area contributed by atoms with Crippen LogP contribution in [-0.4, -0.2) is 22.5 Å². The molecule has 4 nitrogen and oxygen atoms in total. The molecule has 0 saturated carbocycles. The van der Waals surface area contributed by atoms with Crippen molar-refractivity contribution in [3.05, 3.63) is 65.0 Å². The Hall–Kier alpha value is -2.20. The molecule has 0 saturated heterocycles. The van der Waals surface area contributed by atoms with E-state index in [0.29, 0.717) is 5.56 Å². The van der Waals surface area contributed by atoms with Gasteiger partial charge in [0.05, 0.1) is 11.7 Å². The van der Waals surface area contributed by atoms with E-state index < -0.39 is 6.10 Å². The molecule has 0 aliphatic carbocycles. The maximum atomic E-state index is 11.8. The third-order valence-corrected chi connectivity index (χ3v) is 3.30. The topological polar surface area (TPSA) is 62.2 Å². The summed E-state index contributed by atoms with van der Waals surface area (Å²) in [5, 5.41) is 12.8. The van der Waals surface area contributed by atoms with Crippen molar-refractivity contribution in [2.24, 2.45) is 0 Å². The summed E-state index contributed by atoms with van der Waals surface area (Å²) in [4.78, 5) is 15.7. The van der Waals surface area contributed by atoms with Crippen molar-refractivity contribution in [3.63, 3.8) is 0 Å². The Labute approximate surface area is 118 Å². The second-order valence-corrected chi connectivity index (χ2v) is 4.81. The van der Waals surface area contributed by atoms with Crippen molar-refractivity contribution >= 4 is 5.91 Å². The molecule has 0 radical (unpaired) electrons. The van der Waals surface area contributed by atoms with Gasteiger partial charge in [-0.15, -0.1) is 0 Å². The van der Waals surface area contributed by atoms with Crippen molar-refractivity contribution < 1.29 is 9.90 Å².